The van der Waals surface area contributed by atoms with Gasteiger partial charge in [-0.15, -0.1) is 0 Å². The predicted octanol–water partition coefficient (Wildman–Crippen LogP) is 2.79. The molecule has 3 rings (SSSR count). The van der Waals surface area contributed by atoms with Gasteiger partial charge in [0.05, 0.1) is 13.7 Å². The first-order chi connectivity index (χ1) is 11.1. The molecule has 0 unspecified atom stereocenters. The van der Waals surface area contributed by atoms with E-state index in [1.54, 1.807) is 14.0 Å². The first kappa shape index (κ1) is 15.9. The van der Waals surface area contributed by atoms with Crippen molar-refractivity contribution in [3.63, 3.8) is 0 Å². The van der Waals surface area contributed by atoms with Crippen LogP contribution in [-0.4, -0.2) is 37.0 Å². The van der Waals surface area contributed by atoms with Crippen LogP contribution < -0.4 is 10.1 Å². The lowest BCUT2D eigenvalue weighted by atomic mass is 9.94. The normalized spacial score (nSPS) is 21.6. The number of fused-ring (bicyclic) bond motifs is 1. The number of piperidine rings is 1. The Hall–Kier alpha value is -2.01. The number of carbonyl (C=O) groups is 1. The smallest absolute Gasteiger partial charge is 0.219 e. The van der Waals surface area contributed by atoms with E-state index in [2.05, 4.69) is 18.3 Å². The van der Waals surface area contributed by atoms with Gasteiger partial charge in [-0.05, 0) is 24.5 Å². The van der Waals surface area contributed by atoms with Crippen molar-refractivity contribution in [3.8, 4) is 5.75 Å². The zero-order valence-corrected chi connectivity index (χ0v) is 14.0. The maximum Gasteiger partial charge on any atom is 0.219 e. The van der Waals surface area contributed by atoms with Crippen molar-refractivity contribution >= 4 is 16.9 Å². The van der Waals surface area contributed by atoms with E-state index in [-0.39, 0.29) is 5.91 Å². The molecule has 1 N–H and O–H groups in total. The Kier molecular flexibility index (Phi) is 4.57. The summed E-state index contributed by atoms with van der Waals surface area (Å²) in [6.45, 7) is 6.16. The number of amides is 1. The topological polar surface area (TPSA) is 54.7 Å². The molecule has 2 atom stereocenters. The van der Waals surface area contributed by atoms with E-state index in [0.717, 1.165) is 42.0 Å². The molecule has 0 saturated carbocycles. The molecule has 1 aromatic carbocycles. The van der Waals surface area contributed by atoms with Crippen LogP contribution in [0.5, 0.6) is 5.75 Å². The van der Waals surface area contributed by atoms with Crippen molar-refractivity contribution in [1.82, 2.24) is 10.2 Å². The standard InChI is InChI=1S/C18H24N2O3/c1-12-11-20(13(2)21)8-7-16(12)19-10-15-9-14-5-4-6-17(22-3)18(14)23-15/h4-6,9,12,16,19H,7-8,10-11H2,1-3H3/t12-,16-/m0/s1. The molecule has 1 fully saturated rings. The van der Waals surface area contributed by atoms with Crippen molar-refractivity contribution in [3.05, 3.63) is 30.0 Å². The number of rotatable bonds is 4. The number of benzene rings is 1. The molecule has 0 bridgehead atoms. The number of likely N-dealkylation sites (tertiary alicyclic amines) is 1. The summed E-state index contributed by atoms with van der Waals surface area (Å²) in [5.74, 6) is 2.27. The van der Waals surface area contributed by atoms with E-state index in [0.29, 0.717) is 18.5 Å². The first-order valence-corrected chi connectivity index (χ1v) is 8.13. The molecule has 2 heterocycles. The molecule has 5 nitrogen and oxygen atoms in total. The highest BCUT2D eigenvalue weighted by molar-refractivity contribution is 5.83. The maximum absolute atomic E-state index is 11.5. The van der Waals surface area contributed by atoms with Crippen molar-refractivity contribution in [2.75, 3.05) is 20.2 Å². The second-order valence-corrected chi connectivity index (χ2v) is 6.31. The number of methoxy groups -OCH3 is 1. The lowest BCUT2D eigenvalue weighted by Crippen LogP contribution is -2.49. The largest absolute Gasteiger partial charge is 0.493 e. The van der Waals surface area contributed by atoms with Crippen LogP contribution in [0.2, 0.25) is 0 Å². The van der Waals surface area contributed by atoms with E-state index >= 15 is 0 Å². The second-order valence-electron chi connectivity index (χ2n) is 6.31. The Morgan fingerprint density at radius 2 is 2.30 bits per heavy atom. The fraction of sp³-hybridized carbons (Fsp3) is 0.500. The third-order valence-corrected chi connectivity index (χ3v) is 4.67. The third-order valence-electron chi connectivity index (χ3n) is 4.67. The molecule has 124 valence electrons. The molecule has 1 aromatic heterocycles. The molecule has 0 aliphatic carbocycles. The zero-order valence-electron chi connectivity index (χ0n) is 14.0. The Bertz CT molecular complexity index is 695. The SMILES string of the molecule is COc1cccc2cc(CN[C@H]3CCN(C(C)=O)C[C@@H]3C)oc12. The summed E-state index contributed by atoms with van der Waals surface area (Å²) in [6, 6.07) is 8.36. The summed E-state index contributed by atoms with van der Waals surface area (Å²) in [5, 5.41) is 4.63. The van der Waals surface area contributed by atoms with Gasteiger partial charge in [0, 0.05) is 31.4 Å². The quantitative estimate of drug-likeness (QED) is 0.942. The summed E-state index contributed by atoms with van der Waals surface area (Å²) in [4.78, 5) is 13.4. The molecular weight excluding hydrogens is 292 g/mol. The van der Waals surface area contributed by atoms with Crippen molar-refractivity contribution < 1.29 is 13.9 Å². The molecule has 0 spiro atoms. The van der Waals surface area contributed by atoms with Gasteiger partial charge in [0.2, 0.25) is 5.91 Å². The van der Waals surface area contributed by atoms with Crippen LogP contribution >= 0.6 is 0 Å². The first-order valence-electron chi connectivity index (χ1n) is 8.13. The predicted molar refractivity (Wildman–Crippen MR) is 89.4 cm³/mol. The average Bonchev–Trinajstić information content (AvgIpc) is 2.96. The van der Waals surface area contributed by atoms with Crippen LogP contribution in [0.25, 0.3) is 11.0 Å². The highest BCUT2D eigenvalue weighted by Gasteiger charge is 2.27. The van der Waals surface area contributed by atoms with Gasteiger partial charge in [-0.25, -0.2) is 0 Å². The van der Waals surface area contributed by atoms with E-state index in [4.69, 9.17) is 9.15 Å². The van der Waals surface area contributed by atoms with Gasteiger partial charge in [-0.3, -0.25) is 4.79 Å². The lowest BCUT2D eigenvalue weighted by molar-refractivity contribution is -0.130. The van der Waals surface area contributed by atoms with Gasteiger partial charge in [-0.2, -0.15) is 0 Å². The number of para-hydroxylation sites is 1. The van der Waals surface area contributed by atoms with Gasteiger partial charge >= 0.3 is 0 Å². The van der Waals surface area contributed by atoms with E-state index in [1.807, 2.05) is 23.1 Å². The van der Waals surface area contributed by atoms with E-state index in [9.17, 15) is 4.79 Å². The Labute approximate surface area is 136 Å². The molecule has 0 radical (unpaired) electrons. The molecule has 23 heavy (non-hydrogen) atoms. The number of furan rings is 1. The fourth-order valence-corrected chi connectivity index (χ4v) is 3.30. The minimum Gasteiger partial charge on any atom is -0.493 e. The summed E-state index contributed by atoms with van der Waals surface area (Å²) in [6.07, 6.45) is 0.976. The molecule has 2 aromatic rings. The number of nitrogens with zero attached hydrogens (tertiary/aromatic N) is 1. The molecule has 1 saturated heterocycles. The molecule has 1 aliphatic heterocycles. The minimum atomic E-state index is 0.166. The van der Waals surface area contributed by atoms with Crippen LogP contribution in [0.1, 0.15) is 26.0 Å². The maximum atomic E-state index is 11.5. The van der Waals surface area contributed by atoms with E-state index < -0.39 is 0 Å². The zero-order chi connectivity index (χ0) is 16.4. The monoisotopic (exact) mass is 316 g/mol. The summed E-state index contributed by atoms with van der Waals surface area (Å²) in [5.41, 5.74) is 0.797. The molecule has 1 aliphatic rings. The van der Waals surface area contributed by atoms with E-state index in [1.165, 1.54) is 0 Å². The molecular formula is C18H24N2O3. The number of nitrogens with one attached hydrogen (secondary N) is 1. The third kappa shape index (κ3) is 3.34. The Balaban J connectivity index is 1.64. The average molecular weight is 316 g/mol. The highest BCUT2D eigenvalue weighted by Crippen LogP contribution is 2.28. The van der Waals surface area contributed by atoms with Crippen LogP contribution in [0.3, 0.4) is 0 Å². The Morgan fingerprint density at radius 3 is 3.00 bits per heavy atom. The fourth-order valence-electron chi connectivity index (χ4n) is 3.30. The summed E-state index contributed by atoms with van der Waals surface area (Å²) in [7, 11) is 1.65. The summed E-state index contributed by atoms with van der Waals surface area (Å²) >= 11 is 0. The number of carbonyl (C=O) groups excluding carboxylic acids is 1. The van der Waals surface area contributed by atoms with Gasteiger partial charge in [-0.1, -0.05) is 19.1 Å². The molecule has 1 amide bonds. The van der Waals surface area contributed by atoms with Crippen LogP contribution in [0.4, 0.5) is 0 Å². The van der Waals surface area contributed by atoms with Crippen molar-refractivity contribution in [1.29, 1.82) is 0 Å². The number of hydrogen-bond donors (Lipinski definition) is 1. The number of hydrogen-bond acceptors (Lipinski definition) is 4. The van der Waals surface area contributed by atoms with Gasteiger partial charge in [0.1, 0.15) is 5.76 Å². The minimum absolute atomic E-state index is 0.166. The Morgan fingerprint density at radius 1 is 1.48 bits per heavy atom. The van der Waals surface area contributed by atoms with Gasteiger partial charge < -0.3 is 19.4 Å². The van der Waals surface area contributed by atoms with Gasteiger partial charge in [0.15, 0.2) is 11.3 Å². The van der Waals surface area contributed by atoms with Crippen molar-refractivity contribution in [2.45, 2.75) is 32.9 Å². The second kappa shape index (κ2) is 6.62. The van der Waals surface area contributed by atoms with Gasteiger partial charge in [0.25, 0.3) is 0 Å². The highest BCUT2D eigenvalue weighted by atomic mass is 16.5. The summed E-state index contributed by atoms with van der Waals surface area (Å²) < 4.78 is 11.3. The number of ether oxygens (including phenoxy) is 1. The van der Waals surface area contributed by atoms with Crippen LogP contribution in [0, 0.1) is 5.92 Å². The van der Waals surface area contributed by atoms with Crippen LogP contribution in [-0.2, 0) is 11.3 Å². The van der Waals surface area contributed by atoms with Crippen LogP contribution in [0.15, 0.2) is 28.7 Å². The lowest BCUT2D eigenvalue weighted by Gasteiger charge is -2.36. The molecule has 5 heteroatoms. The van der Waals surface area contributed by atoms with Crippen molar-refractivity contribution in [2.24, 2.45) is 5.92 Å².